The molecule has 2 heteroatoms. The fourth-order valence-corrected chi connectivity index (χ4v) is 3.77. The Bertz CT molecular complexity index is 176. The van der Waals surface area contributed by atoms with Crippen LogP contribution in [0.3, 0.4) is 0 Å². The molecule has 0 spiro atoms. The maximum absolute atomic E-state index is 2.86. The average Bonchev–Trinajstić information content (AvgIpc) is 2.32. The molecule has 0 bridgehead atoms. The molecule has 2 rings (SSSR count). The molecule has 1 aliphatic carbocycles. The fourth-order valence-electron chi connectivity index (χ4n) is 3.77. The van der Waals surface area contributed by atoms with Crippen molar-refractivity contribution in [2.45, 2.75) is 76.7 Å². The molecule has 96 valence electrons. The Kier molecular flexibility index (Phi) is 6.13. The standard InChI is InChI=1S/C14H27N.ClH/c1-2-9-14(10-5-3-6-11-14)15-12-7-4-8-13-15;/h2-13H2,1H3;1H. The molecule has 2 fully saturated rings. The molecule has 1 saturated heterocycles. The number of hydrogen-bond donors (Lipinski definition) is 0. The smallest absolute Gasteiger partial charge is 0.0209 e. The fraction of sp³-hybridized carbons (Fsp3) is 1.00. The van der Waals surface area contributed by atoms with E-state index < -0.39 is 0 Å². The van der Waals surface area contributed by atoms with E-state index in [2.05, 4.69) is 11.8 Å². The average molecular weight is 246 g/mol. The molecule has 0 N–H and O–H groups in total. The molecule has 0 aromatic carbocycles. The molecule has 0 atom stereocenters. The first-order chi connectivity index (χ1) is 7.37. The second-order valence-corrected chi connectivity index (χ2v) is 5.58. The predicted molar refractivity (Wildman–Crippen MR) is 73.4 cm³/mol. The lowest BCUT2D eigenvalue weighted by molar-refractivity contribution is 0.0259. The van der Waals surface area contributed by atoms with Gasteiger partial charge in [0.15, 0.2) is 0 Å². The van der Waals surface area contributed by atoms with Crippen LogP contribution in [0.4, 0.5) is 0 Å². The van der Waals surface area contributed by atoms with E-state index in [0.717, 1.165) is 0 Å². The first-order valence-corrected chi connectivity index (χ1v) is 7.12. The Morgan fingerprint density at radius 1 is 0.875 bits per heavy atom. The van der Waals surface area contributed by atoms with Gasteiger partial charge in [-0.1, -0.05) is 39.0 Å². The topological polar surface area (TPSA) is 3.24 Å². The largest absolute Gasteiger partial charge is 0.298 e. The molecule has 0 unspecified atom stereocenters. The SMILES string of the molecule is CCCC1(N2CCCCC2)CCCCC1.Cl. The van der Waals surface area contributed by atoms with Crippen LogP contribution in [0.25, 0.3) is 0 Å². The van der Waals surface area contributed by atoms with E-state index in [-0.39, 0.29) is 12.4 Å². The number of halogens is 1. The maximum atomic E-state index is 2.86. The summed E-state index contributed by atoms with van der Waals surface area (Å²) in [5, 5.41) is 0. The Morgan fingerprint density at radius 2 is 1.44 bits per heavy atom. The van der Waals surface area contributed by atoms with Gasteiger partial charge in [0.05, 0.1) is 0 Å². The highest BCUT2D eigenvalue weighted by atomic mass is 35.5. The third kappa shape index (κ3) is 3.13. The molecule has 2 aliphatic rings. The Balaban J connectivity index is 0.00000128. The van der Waals surface area contributed by atoms with Crippen LogP contribution in [0.15, 0.2) is 0 Å². The normalized spacial score (nSPS) is 26.1. The predicted octanol–water partition coefficient (Wildman–Crippen LogP) is 4.40. The number of rotatable bonds is 3. The van der Waals surface area contributed by atoms with Crippen LogP contribution in [0, 0.1) is 0 Å². The van der Waals surface area contributed by atoms with E-state index >= 15 is 0 Å². The summed E-state index contributed by atoms with van der Waals surface area (Å²) in [5.41, 5.74) is 0.632. The molecule has 1 heterocycles. The van der Waals surface area contributed by atoms with Crippen molar-refractivity contribution in [3.8, 4) is 0 Å². The van der Waals surface area contributed by atoms with Crippen molar-refractivity contribution in [3.63, 3.8) is 0 Å². The third-order valence-electron chi connectivity index (χ3n) is 4.53. The molecular formula is C14H28ClN. The molecule has 16 heavy (non-hydrogen) atoms. The van der Waals surface area contributed by atoms with Crippen molar-refractivity contribution in [2.75, 3.05) is 13.1 Å². The molecular weight excluding hydrogens is 218 g/mol. The van der Waals surface area contributed by atoms with E-state index in [9.17, 15) is 0 Å². The van der Waals surface area contributed by atoms with Crippen molar-refractivity contribution in [2.24, 2.45) is 0 Å². The first-order valence-electron chi connectivity index (χ1n) is 7.12. The van der Waals surface area contributed by atoms with Gasteiger partial charge in [0, 0.05) is 5.54 Å². The minimum atomic E-state index is 0. The highest BCUT2D eigenvalue weighted by Crippen LogP contribution is 2.38. The van der Waals surface area contributed by atoms with Gasteiger partial charge in [0.2, 0.25) is 0 Å². The maximum Gasteiger partial charge on any atom is 0.0209 e. The summed E-state index contributed by atoms with van der Waals surface area (Å²) in [5.74, 6) is 0. The summed E-state index contributed by atoms with van der Waals surface area (Å²) in [6.07, 6.45) is 14.6. The van der Waals surface area contributed by atoms with Crippen molar-refractivity contribution < 1.29 is 0 Å². The number of likely N-dealkylation sites (tertiary alicyclic amines) is 1. The van der Waals surface area contributed by atoms with Crippen LogP contribution in [-0.2, 0) is 0 Å². The highest BCUT2D eigenvalue weighted by Gasteiger charge is 2.37. The van der Waals surface area contributed by atoms with Crippen molar-refractivity contribution in [1.29, 1.82) is 0 Å². The van der Waals surface area contributed by atoms with Gasteiger partial charge in [0.1, 0.15) is 0 Å². The molecule has 1 nitrogen and oxygen atoms in total. The van der Waals surface area contributed by atoms with Crippen LogP contribution in [0.5, 0.6) is 0 Å². The van der Waals surface area contributed by atoms with Gasteiger partial charge in [-0.05, 0) is 45.2 Å². The van der Waals surface area contributed by atoms with Gasteiger partial charge in [-0.2, -0.15) is 0 Å². The lowest BCUT2D eigenvalue weighted by Gasteiger charge is -2.48. The second kappa shape index (κ2) is 6.86. The monoisotopic (exact) mass is 245 g/mol. The van der Waals surface area contributed by atoms with Crippen LogP contribution in [0.1, 0.15) is 71.1 Å². The van der Waals surface area contributed by atoms with E-state index in [1.54, 1.807) is 0 Å². The first kappa shape index (κ1) is 14.3. The second-order valence-electron chi connectivity index (χ2n) is 5.58. The summed E-state index contributed by atoms with van der Waals surface area (Å²) in [7, 11) is 0. The minimum absolute atomic E-state index is 0. The van der Waals surface area contributed by atoms with Crippen LogP contribution >= 0.6 is 12.4 Å². The summed E-state index contributed by atoms with van der Waals surface area (Å²) >= 11 is 0. The quantitative estimate of drug-likeness (QED) is 0.713. The van der Waals surface area contributed by atoms with Crippen LogP contribution in [0.2, 0.25) is 0 Å². The van der Waals surface area contributed by atoms with E-state index in [4.69, 9.17) is 0 Å². The summed E-state index contributed by atoms with van der Waals surface area (Å²) in [6, 6.07) is 0. The van der Waals surface area contributed by atoms with Crippen LogP contribution in [-0.4, -0.2) is 23.5 Å². The molecule has 0 radical (unpaired) electrons. The molecule has 1 saturated carbocycles. The van der Waals surface area contributed by atoms with E-state index in [0.29, 0.717) is 5.54 Å². The van der Waals surface area contributed by atoms with E-state index in [1.165, 1.54) is 77.3 Å². The molecule has 0 amide bonds. The Labute approximate surface area is 107 Å². The zero-order chi connectivity index (χ0) is 10.6. The summed E-state index contributed by atoms with van der Waals surface area (Å²) in [6.45, 7) is 5.14. The minimum Gasteiger partial charge on any atom is -0.298 e. The molecule has 0 aromatic heterocycles. The van der Waals surface area contributed by atoms with Crippen LogP contribution < -0.4 is 0 Å². The van der Waals surface area contributed by atoms with Gasteiger partial charge in [-0.15, -0.1) is 12.4 Å². The van der Waals surface area contributed by atoms with Crippen molar-refractivity contribution in [1.82, 2.24) is 4.90 Å². The third-order valence-corrected chi connectivity index (χ3v) is 4.53. The lowest BCUT2D eigenvalue weighted by Crippen LogP contribution is -2.52. The molecule has 1 aliphatic heterocycles. The Hall–Kier alpha value is 0.250. The number of piperidine rings is 1. The zero-order valence-corrected chi connectivity index (χ0v) is 11.7. The van der Waals surface area contributed by atoms with E-state index in [1.807, 2.05) is 0 Å². The number of nitrogens with zero attached hydrogens (tertiary/aromatic N) is 1. The summed E-state index contributed by atoms with van der Waals surface area (Å²) in [4.78, 5) is 2.86. The van der Waals surface area contributed by atoms with Gasteiger partial charge in [0.25, 0.3) is 0 Å². The molecule has 0 aromatic rings. The van der Waals surface area contributed by atoms with Gasteiger partial charge in [-0.3, -0.25) is 4.90 Å². The Morgan fingerprint density at radius 3 is 2.00 bits per heavy atom. The highest BCUT2D eigenvalue weighted by molar-refractivity contribution is 5.85. The number of hydrogen-bond acceptors (Lipinski definition) is 1. The van der Waals surface area contributed by atoms with Gasteiger partial charge < -0.3 is 0 Å². The lowest BCUT2D eigenvalue weighted by atomic mass is 9.76. The van der Waals surface area contributed by atoms with Gasteiger partial charge >= 0.3 is 0 Å². The zero-order valence-electron chi connectivity index (χ0n) is 10.8. The van der Waals surface area contributed by atoms with Gasteiger partial charge in [-0.25, -0.2) is 0 Å². The van der Waals surface area contributed by atoms with Crippen molar-refractivity contribution in [3.05, 3.63) is 0 Å². The van der Waals surface area contributed by atoms with Crippen molar-refractivity contribution >= 4 is 12.4 Å². The summed E-state index contributed by atoms with van der Waals surface area (Å²) < 4.78 is 0.